The minimum absolute atomic E-state index is 0.0244. The molecular formula is C28H26N6O7. The molecule has 3 aromatic carbocycles. The van der Waals surface area contributed by atoms with Crippen LogP contribution in [-0.4, -0.2) is 53.4 Å². The minimum atomic E-state index is -0.475. The topological polar surface area (TPSA) is 163 Å². The van der Waals surface area contributed by atoms with Crippen LogP contribution < -0.4 is 4.90 Å². The summed E-state index contributed by atoms with van der Waals surface area (Å²) in [4.78, 5) is 34.5. The number of nitrogens with zero attached hydrogens (tertiary/aromatic N) is 6. The van der Waals surface area contributed by atoms with Gasteiger partial charge < -0.3 is 18.8 Å². The molecule has 0 saturated carbocycles. The molecule has 4 rings (SSSR count). The largest absolute Gasteiger partial charge is 0.464 e. The van der Waals surface area contributed by atoms with E-state index in [2.05, 4.69) is 20.4 Å². The number of anilines is 1. The summed E-state index contributed by atoms with van der Waals surface area (Å²) in [5, 5.41) is 27.5. The lowest BCUT2D eigenvalue weighted by Gasteiger charge is -2.24. The molecule has 0 atom stereocenters. The van der Waals surface area contributed by atoms with Gasteiger partial charge in [-0.1, -0.05) is 0 Å². The van der Waals surface area contributed by atoms with Crippen LogP contribution in [0.2, 0.25) is 0 Å². The van der Waals surface area contributed by atoms with Crippen molar-refractivity contribution in [1.29, 1.82) is 0 Å². The lowest BCUT2D eigenvalue weighted by Crippen LogP contribution is -2.31. The van der Waals surface area contributed by atoms with Crippen LogP contribution in [0.15, 0.2) is 87.4 Å². The zero-order chi connectivity index (χ0) is 29.2. The van der Waals surface area contributed by atoms with Gasteiger partial charge in [-0.25, -0.2) is 0 Å². The first kappa shape index (κ1) is 28.5. The van der Waals surface area contributed by atoms with Gasteiger partial charge in [0, 0.05) is 42.8 Å². The number of esters is 2. The van der Waals surface area contributed by atoms with Gasteiger partial charge in [-0.3, -0.25) is 19.7 Å². The van der Waals surface area contributed by atoms with Crippen molar-refractivity contribution in [1.82, 2.24) is 10.2 Å². The summed E-state index contributed by atoms with van der Waals surface area (Å²) in [5.74, 6) is -0.182. The minimum Gasteiger partial charge on any atom is -0.464 e. The van der Waals surface area contributed by atoms with E-state index in [1.807, 2.05) is 17.0 Å². The Balaban J connectivity index is 1.38. The predicted octanol–water partition coefficient (Wildman–Crippen LogP) is 5.66. The third-order valence-corrected chi connectivity index (χ3v) is 5.69. The third-order valence-electron chi connectivity index (χ3n) is 5.69. The van der Waals surface area contributed by atoms with Crippen LogP contribution in [0.25, 0.3) is 22.9 Å². The zero-order valence-corrected chi connectivity index (χ0v) is 22.3. The van der Waals surface area contributed by atoms with Crippen LogP contribution in [-0.2, 0) is 19.1 Å². The van der Waals surface area contributed by atoms with Crippen LogP contribution in [0.1, 0.15) is 13.8 Å². The lowest BCUT2D eigenvalue weighted by atomic mass is 10.2. The molecular weight excluding hydrogens is 532 g/mol. The second-order valence-corrected chi connectivity index (χ2v) is 8.65. The van der Waals surface area contributed by atoms with Gasteiger partial charge in [0.25, 0.3) is 5.69 Å². The Labute approximate surface area is 234 Å². The summed E-state index contributed by atoms with van der Waals surface area (Å²) in [7, 11) is 0. The van der Waals surface area contributed by atoms with Gasteiger partial charge in [0.1, 0.15) is 13.2 Å². The van der Waals surface area contributed by atoms with Crippen molar-refractivity contribution in [3.05, 3.63) is 82.9 Å². The Morgan fingerprint density at radius 1 is 0.780 bits per heavy atom. The average molecular weight is 559 g/mol. The van der Waals surface area contributed by atoms with E-state index in [4.69, 9.17) is 13.9 Å². The average Bonchev–Trinajstić information content (AvgIpc) is 3.46. The van der Waals surface area contributed by atoms with Crippen LogP contribution in [0.5, 0.6) is 0 Å². The number of aromatic nitrogens is 2. The van der Waals surface area contributed by atoms with E-state index in [9.17, 15) is 19.7 Å². The van der Waals surface area contributed by atoms with Gasteiger partial charge in [-0.05, 0) is 60.7 Å². The number of ether oxygens (including phenoxy) is 2. The number of hydrogen-bond acceptors (Lipinski definition) is 12. The van der Waals surface area contributed by atoms with E-state index >= 15 is 0 Å². The van der Waals surface area contributed by atoms with Gasteiger partial charge in [0.2, 0.25) is 11.8 Å². The first-order valence-corrected chi connectivity index (χ1v) is 12.5. The van der Waals surface area contributed by atoms with Crippen molar-refractivity contribution in [3.63, 3.8) is 0 Å². The third kappa shape index (κ3) is 8.26. The molecule has 0 saturated heterocycles. The van der Waals surface area contributed by atoms with Crippen molar-refractivity contribution >= 4 is 34.7 Å². The molecule has 0 radical (unpaired) electrons. The molecule has 13 nitrogen and oxygen atoms in total. The molecule has 0 N–H and O–H groups in total. The second-order valence-electron chi connectivity index (χ2n) is 8.65. The van der Waals surface area contributed by atoms with Gasteiger partial charge >= 0.3 is 11.9 Å². The molecule has 0 spiro atoms. The van der Waals surface area contributed by atoms with Crippen LogP contribution >= 0.6 is 0 Å². The first-order valence-electron chi connectivity index (χ1n) is 12.5. The Morgan fingerprint density at radius 2 is 1.22 bits per heavy atom. The maximum absolute atomic E-state index is 11.1. The molecule has 4 aromatic rings. The number of nitro groups is 1. The summed E-state index contributed by atoms with van der Waals surface area (Å²) in [6.07, 6.45) is 0. The summed E-state index contributed by atoms with van der Waals surface area (Å²) >= 11 is 0. The number of carbonyl (C=O) groups is 2. The van der Waals surface area contributed by atoms with E-state index in [1.165, 1.54) is 26.0 Å². The summed E-state index contributed by atoms with van der Waals surface area (Å²) < 4.78 is 15.8. The van der Waals surface area contributed by atoms with Crippen molar-refractivity contribution in [3.8, 4) is 22.9 Å². The van der Waals surface area contributed by atoms with E-state index in [-0.39, 0.29) is 36.7 Å². The highest BCUT2D eigenvalue weighted by molar-refractivity contribution is 5.66. The van der Waals surface area contributed by atoms with Crippen LogP contribution in [0, 0.1) is 10.1 Å². The van der Waals surface area contributed by atoms with E-state index in [0.717, 1.165) is 5.69 Å². The van der Waals surface area contributed by atoms with E-state index < -0.39 is 4.92 Å². The van der Waals surface area contributed by atoms with Gasteiger partial charge in [-0.2, -0.15) is 10.2 Å². The van der Waals surface area contributed by atoms with Crippen molar-refractivity contribution in [2.45, 2.75) is 13.8 Å². The Morgan fingerprint density at radius 3 is 1.66 bits per heavy atom. The Kier molecular flexibility index (Phi) is 9.44. The van der Waals surface area contributed by atoms with Crippen LogP contribution in [0.4, 0.5) is 22.7 Å². The molecule has 0 bridgehead atoms. The molecule has 0 amide bonds. The monoisotopic (exact) mass is 558 g/mol. The normalized spacial score (nSPS) is 10.9. The Hall–Kier alpha value is -5.46. The van der Waals surface area contributed by atoms with Crippen molar-refractivity contribution in [2.24, 2.45) is 10.2 Å². The van der Waals surface area contributed by atoms with E-state index in [0.29, 0.717) is 41.5 Å². The highest BCUT2D eigenvalue weighted by Gasteiger charge is 2.13. The SMILES string of the molecule is CC(=O)OCCN(CCOC(C)=O)c1ccc(N=Nc2ccc(-c3nnc(-c4ccc([N+](=O)[O-])cc4)o3)cc2)cc1. The van der Waals surface area contributed by atoms with Gasteiger partial charge in [-0.15, -0.1) is 10.2 Å². The smallest absolute Gasteiger partial charge is 0.302 e. The standard InChI is InChI=1S/C28H26N6O7/c1-19(35)39-17-15-33(16-18-40-20(2)36)25-13-9-24(10-14-25)30-29-23-7-3-21(4-8-23)27-31-32-28(41-27)22-5-11-26(12-6-22)34(37)38/h3-14H,15-18H2,1-2H3. The number of carbonyl (C=O) groups excluding carboxylic acids is 2. The molecule has 0 aliphatic rings. The fraction of sp³-hybridized carbons (Fsp3) is 0.214. The Bertz CT molecular complexity index is 1500. The predicted molar refractivity (Wildman–Crippen MR) is 148 cm³/mol. The maximum atomic E-state index is 11.1. The molecule has 0 unspecified atom stereocenters. The number of benzene rings is 3. The van der Waals surface area contributed by atoms with Gasteiger partial charge in [0.15, 0.2) is 0 Å². The molecule has 0 fully saturated rings. The highest BCUT2D eigenvalue weighted by Crippen LogP contribution is 2.28. The fourth-order valence-corrected chi connectivity index (χ4v) is 3.67. The molecule has 210 valence electrons. The van der Waals surface area contributed by atoms with Crippen molar-refractivity contribution in [2.75, 3.05) is 31.2 Å². The number of rotatable bonds is 12. The van der Waals surface area contributed by atoms with Gasteiger partial charge in [0.05, 0.1) is 29.4 Å². The summed E-state index contributed by atoms with van der Waals surface area (Å²) in [5.41, 5.74) is 3.31. The molecule has 0 aliphatic carbocycles. The maximum Gasteiger partial charge on any atom is 0.302 e. The first-order chi connectivity index (χ1) is 19.8. The van der Waals surface area contributed by atoms with Crippen LogP contribution in [0.3, 0.4) is 0 Å². The lowest BCUT2D eigenvalue weighted by molar-refractivity contribution is -0.384. The van der Waals surface area contributed by atoms with E-state index in [1.54, 1.807) is 48.5 Å². The number of hydrogen-bond donors (Lipinski definition) is 0. The second kappa shape index (κ2) is 13.6. The summed E-state index contributed by atoms with van der Waals surface area (Å²) in [6, 6.07) is 20.2. The highest BCUT2D eigenvalue weighted by atomic mass is 16.6. The number of non-ortho nitro benzene ring substituents is 1. The number of azo groups is 1. The fourth-order valence-electron chi connectivity index (χ4n) is 3.67. The van der Waals surface area contributed by atoms with Crippen molar-refractivity contribution < 1.29 is 28.4 Å². The quantitative estimate of drug-likeness (QED) is 0.0917. The summed E-state index contributed by atoms with van der Waals surface area (Å²) in [6.45, 7) is 3.97. The molecule has 0 aliphatic heterocycles. The zero-order valence-electron chi connectivity index (χ0n) is 22.3. The number of nitro benzene ring substituents is 1. The molecule has 41 heavy (non-hydrogen) atoms. The molecule has 13 heteroatoms. The molecule has 1 heterocycles. The molecule has 1 aromatic heterocycles.